The molecule has 150 valence electrons. The molecule has 1 heterocycles. The van der Waals surface area contributed by atoms with Gasteiger partial charge in [-0.25, -0.2) is 4.39 Å². The molecule has 0 saturated heterocycles. The Morgan fingerprint density at radius 1 is 1.00 bits per heavy atom. The third-order valence-electron chi connectivity index (χ3n) is 4.79. The Labute approximate surface area is 176 Å². The highest BCUT2D eigenvalue weighted by molar-refractivity contribution is 7.71. The number of H-pyrrole nitrogens is 1. The fourth-order valence-corrected chi connectivity index (χ4v) is 3.45. The van der Waals surface area contributed by atoms with Crippen LogP contribution in [0.15, 0.2) is 77.6 Å². The molecule has 0 unspecified atom stereocenters. The number of halogens is 1. The Kier molecular flexibility index (Phi) is 5.54. The molecule has 2 N–H and O–H groups in total. The highest BCUT2D eigenvalue weighted by atomic mass is 32.1. The number of aromatic amines is 1. The summed E-state index contributed by atoms with van der Waals surface area (Å²) >= 11 is 5.38. The number of benzene rings is 3. The van der Waals surface area contributed by atoms with Crippen LogP contribution in [0.3, 0.4) is 0 Å². The number of carbonyl (C=O) groups excluding carboxylic acids is 1. The Morgan fingerprint density at radius 3 is 2.47 bits per heavy atom. The van der Waals surface area contributed by atoms with E-state index < -0.39 is 0 Å². The van der Waals surface area contributed by atoms with Crippen LogP contribution in [-0.2, 0) is 13.1 Å². The van der Waals surface area contributed by atoms with E-state index in [1.54, 1.807) is 30.3 Å². The molecule has 4 aromatic rings. The lowest BCUT2D eigenvalue weighted by atomic mass is 10.1. The molecular weight excluding hydrogens is 401 g/mol. The van der Waals surface area contributed by atoms with Gasteiger partial charge in [0, 0.05) is 12.1 Å². The first-order valence-electron chi connectivity index (χ1n) is 9.35. The summed E-state index contributed by atoms with van der Waals surface area (Å²) in [5.41, 5.74) is 2.44. The number of amides is 1. The second-order valence-electron chi connectivity index (χ2n) is 6.88. The Morgan fingerprint density at radius 2 is 1.73 bits per heavy atom. The fraction of sp³-hybridized carbons (Fsp3) is 0.0870. The van der Waals surface area contributed by atoms with Gasteiger partial charge in [0.2, 0.25) is 0 Å². The summed E-state index contributed by atoms with van der Waals surface area (Å²) in [6, 6.07) is 20.3. The molecule has 7 heteroatoms. The lowest BCUT2D eigenvalue weighted by molar-refractivity contribution is 0.0951. The van der Waals surface area contributed by atoms with Gasteiger partial charge in [0.1, 0.15) is 5.82 Å². The van der Waals surface area contributed by atoms with Crippen molar-refractivity contribution in [3.8, 4) is 0 Å². The zero-order valence-corrected chi connectivity index (χ0v) is 16.7. The van der Waals surface area contributed by atoms with Crippen molar-refractivity contribution >= 4 is 29.0 Å². The van der Waals surface area contributed by atoms with E-state index in [0.29, 0.717) is 27.8 Å². The molecule has 1 aromatic heterocycles. The number of rotatable bonds is 5. The van der Waals surface area contributed by atoms with Crippen LogP contribution in [0.5, 0.6) is 0 Å². The number of nitrogens with zero attached hydrogens (tertiary/aromatic N) is 1. The van der Waals surface area contributed by atoms with Crippen molar-refractivity contribution in [1.82, 2.24) is 14.9 Å². The van der Waals surface area contributed by atoms with Gasteiger partial charge in [-0.05, 0) is 53.7 Å². The van der Waals surface area contributed by atoms with Gasteiger partial charge in [-0.2, -0.15) is 0 Å². The second-order valence-corrected chi connectivity index (χ2v) is 7.26. The van der Waals surface area contributed by atoms with Crippen LogP contribution in [0.25, 0.3) is 10.9 Å². The molecule has 0 saturated carbocycles. The molecule has 4 rings (SSSR count). The first-order chi connectivity index (χ1) is 14.5. The summed E-state index contributed by atoms with van der Waals surface area (Å²) in [4.78, 5) is 28.5. The van der Waals surface area contributed by atoms with Crippen molar-refractivity contribution in [2.75, 3.05) is 0 Å². The number of aromatic nitrogens is 2. The van der Waals surface area contributed by atoms with Crippen LogP contribution >= 0.6 is 12.2 Å². The van der Waals surface area contributed by atoms with Crippen LogP contribution in [0.4, 0.5) is 4.39 Å². The molecule has 0 fully saturated rings. The summed E-state index contributed by atoms with van der Waals surface area (Å²) < 4.78 is 14.8. The fourth-order valence-electron chi connectivity index (χ4n) is 3.19. The van der Waals surface area contributed by atoms with Gasteiger partial charge in [0.15, 0.2) is 4.77 Å². The van der Waals surface area contributed by atoms with E-state index in [2.05, 4.69) is 10.3 Å². The maximum atomic E-state index is 13.0. The summed E-state index contributed by atoms with van der Waals surface area (Å²) in [6.45, 7) is 0.636. The van der Waals surface area contributed by atoms with Gasteiger partial charge >= 0.3 is 0 Å². The maximum absolute atomic E-state index is 13.0. The predicted molar refractivity (Wildman–Crippen MR) is 117 cm³/mol. The third kappa shape index (κ3) is 4.21. The van der Waals surface area contributed by atoms with E-state index >= 15 is 0 Å². The SMILES string of the molecule is O=C(NCc1ccc(F)cc1)c1ccc2c(=O)n(Cc3ccccc3)c(=S)[nH]c2c1. The van der Waals surface area contributed by atoms with E-state index in [9.17, 15) is 14.0 Å². The number of hydrogen-bond acceptors (Lipinski definition) is 3. The van der Waals surface area contributed by atoms with Gasteiger partial charge in [-0.3, -0.25) is 14.2 Å². The Hall–Kier alpha value is -3.58. The number of carbonyl (C=O) groups is 1. The molecule has 0 radical (unpaired) electrons. The normalized spacial score (nSPS) is 10.8. The lowest BCUT2D eigenvalue weighted by Crippen LogP contribution is -2.24. The molecule has 5 nitrogen and oxygen atoms in total. The molecule has 3 aromatic carbocycles. The van der Waals surface area contributed by atoms with Crippen molar-refractivity contribution in [3.05, 3.63) is 110 Å². The standard InChI is InChI=1S/C23H18FN3O2S/c24-18-9-6-15(7-10-18)13-25-21(28)17-8-11-19-20(12-17)26-23(30)27(22(19)29)14-16-4-2-1-3-5-16/h1-12H,13-14H2,(H,25,28)(H,26,30). The largest absolute Gasteiger partial charge is 0.348 e. The average Bonchev–Trinajstić information content (AvgIpc) is 2.76. The zero-order chi connectivity index (χ0) is 21.1. The van der Waals surface area contributed by atoms with E-state index in [4.69, 9.17) is 12.2 Å². The van der Waals surface area contributed by atoms with Crippen LogP contribution < -0.4 is 10.9 Å². The van der Waals surface area contributed by atoms with Gasteiger partial charge in [-0.15, -0.1) is 0 Å². The summed E-state index contributed by atoms with van der Waals surface area (Å²) in [6.07, 6.45) is 0. The van der Waals surface area contributed by atoms with Crippen LogP contribution in [0.1, 0.15) is 21.5 Å². The van der Waals surface area contributed by atoms with E-state index in [1.807, 2.05) is 30.3 Å². The van der Waals surface area contributed by atoms with Gasteiger partial charge in [0.05, 0.1) is 17.4 Å². The maximum Gasteiger partial charge on any atom is 0.262 e. The molecule has 0 spiro atoms. The minimum Gasteiger partial charge on any atom is -0.348 e. The molecule has 0 atom stereocenters. The quantitative estimate of drug-likeness (QED) is 0.477. The summed E-state index contributed by atoms with van der Waals surface area (Å²) in [7, 11) is 0. The zero-order valence-electron chi connectivity index (χ0n) is 15.9. The van der Waals surface area contributed by atoms with Crippen molar-refractivity contribution in [3.63, 3.8) is 0 Å². The van der Waals surface area contributed by atoms with Crippen LogP contribution in [-0.4, -0.2) is 15.5 Å². The second kappa shape index (κ2) is 8.42. The highest BCUT2D eigenvalue weighted by Gasteiger charge is 2.11. The first-order valence-corrected chi connectivity index (χ1v) is 9.75. The van der Waals surface area contributed by atoms with Crippen LogP contribution in [0, 0.1) is 10.6 Å². The minimum absolute atomic E-state index is 0.212. The van der Waals surface area contributed by atoms with Gasteiger partial charge in [-0.1, -0.05) is 42.5 Å². The number of hydrogen-bond donors (Lipinski definition) is 2. The topological polar surface area (TPSA) is 66.9 Å². The average molecular weight is 419 g/mol. The molecular formula is C23H18FN3O2S. The molecule has 30 heavy (non-hydrogen) atoms. The number of nitrogens with one attached hydrogen (secondary N) is 2. The molecule has 0 aliphatic rings. The molecule has 0 aliphatic carbocycles. The number of fused-ring (bicyclic) bond motifs is 1. The van der Waals surface area contributed by atoms with Crippen molar-refractivity contribution in [1.29, 1.82) is 0 Å². The third-order valence-corrected chi connectivity index (χ3v) is 5.12. The summed E-state index contributed by atoms with van der Waals surface area (Å²) in [5, 5.41) is 3.24. The van der Waals surface area contributed by atoms with E-state index in [0.717, 1.165) is 11.1 Å². The van der Waals surface area contributed by atoms with Gasteiger partial charge in [0.25, 0.3) is 11.5 Å². The smallest absolute Gasteiger partial charge is 0.262 e. The molecule has 0 bridgehead atoms. The minimum atomic E-state index is -0.326. The van der Waals surface area contributed by atoms with E-state index in [1.165, 1.54) is 16.7 Å². The van der Waals surface area contributed by atoms with Crippen molar-refractivity contribution in [2.45, 2.75) is 13.1 Å². The van der Waals surface area contributed by atoms with Crippen molar-refractivity contribution < 1.29 is 9.18 Å². The first kappa shape index (κ1) is 19.7. The monoisotopic (exact) mass is 419 g/mol. The summed E-state index contributed by atoms with van der Waals surface area (Å²) in [5.74, 6) is -0.623. The van der Waals surface area contributed by atoms with Crippen molar-refractivity contribution in [2.24, 2.45) is 0 Å². The highest BCUT2D eigenvalue weighted by Crippen LogP contribution is 2.12. The predicted octanol–water partition coefficient (Wildman–Crippen LogP) is 4.18. The van der Waals surface area contributed by atoms with Crippen LogP contribution in [0.2, 0.25) is 0 Å². The molecule has 1 amide bonds. The Bertz CT molecular complexity index is 1330. The Balaban J connectivity index is 1.59. The lowest BCUT2D eigenvalue weighted by Gasteiger charge is -2.10. The molecule has 0 aliphatic heterocycles. The van der Waals surface area contributed by atoms with Gasteiger partial charge < -0.3 is 10.3 Å². The van der Waals surface area contributed by atoms with E-state index in [-0.39, 0.29) is 23.8 Å².